The summed E-state index contributed by atoms with van der Waals surface area (Å²) in [5, 5.41) is 8.33. The minimum Gasteiger partial charge on any atom is -0.398 e. The molecule has 0 aromatic heterocycles. The van der Waals surface area contributed by atoms with Crippen LogP contribution in [0.25, 0.3) is 0 Å². The molecule has 0 saturated carbocycles. The van der Waals surface area contributed by atoms with Crippen molar-refractivity contribution in [3.05, 3.63) is 18.2 Å². The van der Waals surface area contributed by atoms with Crippen molar-refractivity contribution in [3.8, 4) is 0 Å². The molecule has 1 unspecified atom stereocenters. The maximum Gasteiger partial charge on any atom is 0.240 e. The zero-order chi connectivity index (χ0) is 13.2. The number of thioether (sulfide) groups is 1. The predicted octanol–water partition coefficient (Wildman–Crippen LogP) is 1.08. The van der Waals surface area contributed by atoms with Crippen molar-refractivity contribution in [3.63, 3.8) is 0 Å². The Labute approximate surface area is 111 Å². The molecule has 1 aliphatic heterocycles. The van der Waals surface area contributed by atoms with E-state index in [1.54, 1.807) is 12.1 Å². The molecule has 0 aliphatic carbocycles. The van der Waals surface area contributed by atoms with Crippen molar-refractivity contribution in [2.24, 2.45) is 11.1 Å². The van der Waals surface area contributed by atoms with Crippen LogP contribution in [0.4, 0.5) is 11.4 Å². The molecule has 0 bridgehead atoms. The van der Waals surface area contributed by atoms with E-state index in [4.69, 9.17) is 10.9 Å². The monoisotopic (exact) mass is 287 g/mol. The molecule has 1 aliphatic rings. The molecule has 1 atom stereocenters. The Kier molecular flexibility index (Phi) is 4.04. The average molecular weight is 287 g/mol. The lowest BCUT2D eigenvalue weighted by atomic mass is 10.1. The van der Waals surface area contributed by atoms with E-state index in [2.05, 4.69) is 5.32 Å². The number of hydrogen-bond acceptors (Lipinski definition) is 5. The van der Waals surface area contributed by atoms with Crippen molar-refractivity contribution in [1.29, 1.82) is 0 Å². The first kappa shape index (κ1) is 13.5. The normalized spacial score (nSPS) is 19.9. The van der Waals surface area contributed by atoms with Crippen molar-refractivity contribution < 1.29 is 8.42 Å². The zero-order valence-electron chi connectivity index (χ0n) is 9.93. The summed E-state index contributed by atoms with van der Waals surface area (Å²) < 4.78 is 22.4. The van der Waals surface area contributed by atoms with Gasteiger partial charge in [0.05, 0.1) is 5.69 Å². The number of nitrogens with two attached hydrogens (primary N) is 2. The van der Waals surface area contributed by atoms with Gasteiger partial charge in [0, 0.05) is 12.2 Å². The Morgan fingerprint density at radius 3 is 2.78 bits per heavy atom. The van der Waals surface area contributed by atoms with Gasteiger partial charge in [-0.05, 0) is 42.0 Å². The lowest BCUT2D eigenvalue weighted by molar-refractivity contribution is 0.598. The molecular weight excluding hydrogens is 270 g/mol. The van der Waals surface area contributed by atoms with E-state index < -0.39 is 10.0 Å². The first-order chi connectivity index (χ1) is 8.47. The number of primary sulfonamides is 1. The van der Waals surface area contributed by atoms with Gasteiger partial charge in [0.1, 0.15) is 4.90 Å². The fourth-order valence-electron chi connectivity index (χ4n) is 1.92. The molecule has 1 saturated heterocycles. The summed E-state index contributed by atoms with van der Waals surface area (Å²) in [7, 11) is -3.74. The molecule has 2 rings (SSSR count). The summed E-state index contributed by atoms with van der Waals surface area (Å²) in [6.07, 6.45) is 1.22. The van der Waals surface area contributed by atoms with Gasteiger partial charge in [-0.1, -0.05) is 0 Å². The number of benzene rings is 1. The topological polar surface area (TPSA) is 98.2 Å². The van der Waals surface area contributed by atoms with E-state index in [1.165, 1.54) is 24.0 Å². The quantitative estimate of drug-likeness (QED) is 0.720. The molecule has 5 nitrogen and oxygen atoms in total. The summed E-state index contributed by atoms with van der Waals surface area (Å²) in [5.41, 5.74) is 6.70. The summed E-state index contributed by atoms with van der Waals surface area (Å²) >= 11 is 1.97. The lowest BCUT2D eigenvalue weighted by Gasteiger charge is -2.12. The number of nitrogen functional groups attached to an aromatic ring is 1. The van der Waals surface area contributed by atoms with Crippen LogP contribution in [0, 0.1) is 5.92 Å². The molecule has 1 heterocycles. The minimum atomic E-state index is -3.74. The molecule has 7 heteroatoms. The van der Waals surface area contributed by atoms with Crippen LogP contribution in [-0.4, -0.2) is 26.5 Å². The largest absolute Gasteiger partial charge is 0.398 e. The molecule has 0 radical (unpaired) electrons. The van der Waals surface area contributed by atoms with Gasteiger partial charge in [-0.3, -0.25) is 0 Å². The SMILES string of the molecule is Nc1cc(NCC2CCSC2)ccc1S(N)(=O)=O. The number of sulfonamides is 1. The lowest BCUT2D eigenvalue weighted by Crippen LogP contribution is -2.16. The van der Waals surface area contributed by atoms with E-state index in [-0.39, 0.29) is 10.6 Å². The van der Waals surface area contributed by atoms with Crippen molar-refractivity contribution in [2.75, 3.05) is 29.1 Å². The molecule has 0 amide bonds. The van der Waals surface area contributed by atoms with Gasteiger partial charge in [0.15, 0.2) is 0 Å². The molecule has 18 heavy (non-hydrogen) atoms. The summed E-state index contributed by atoms with van der Waals surface area (Å²) in [6.45, 7) is 0.890. The zero-order valence-corrected chi connectivity index (χ0v) is 11.6. The Balaban J connectivity index is 2.04. The molecule has 1 aromatic carbocycles. The Morgan fingerprint density at radius 1 is 1.44 bits per heavy atom. The number of nitrogens with one attached hydrogen (secondary N) is 1. The first-order valence-electron chi connectivity index (χ1n) is 5.71. The Hall–Kier alpha value is -0.920. The van der Waals surface area contributed by atoms with E-state index in [0.717, 1.165) is 12.2 Å². The number of rotatable bonds is 4. The van der Waals surface area contributed by atoms with Gasteiger partial charge in [-0.25, -0.2) is 13.6 Å². The first-order valence-corrected chi connectivity index (χ1v) is 8.41. The standard InChI is InChI=1S/C11H17N3O2S2/c12-10-5-9(1-2-11(10)18(13,15)16)14-6-8-3-4-17-7-8/h1-2,5,8,14H,3-4,6-7,12H2,(H2,13,15,16). The molecule has 0 spiro atoms. The molecule has 5 N–H and O–H groups in total. The fraction of sp³-hybridized carbons (Fsp3) is 0.455. The van der Waals surface area contributed by atoms with Crippen LogP contribution in [0.2, 0.25) is 0 Å². The predicted molar refractivity (Wildman–Crippen MR) is 76.1 cm³/mol. The van der Waals surface area contributed by atoms with Gasteiger partial charge in [0.25, 0.3) is 0 Å². The van der Waals surface area contributed by atoms with Crippen LogP contribution < -0.4 is 16.2 Å². The van der Waals surface area contributed by atoms with Crippen LogP contribution >= 0.6 is 11.8 Å². The van der Waals surface area contributed by atoms with E-state index >= 15 is 0 Å². The van der Waals surface area contributed by atoms with Gasteiger partial charge in [-0.15, -0.1) is 0 Å². The number of anilines is 2. The third kappa shape index (κ3) is 3.30. The van der Waals surface area contributed by atoms with Crippen molar-refractivity contribution in [2.45, 2.75) is 11.3 Å². The second kappa shape index (κ2) is 5.38. The highest BCUT2D eigenvalue weighted by Gasteiger charge is 2.16. The smallest absolute Gasteiger partial charge is 0.240 e. The second-order valence-electron chi connectivity index (χ2n) is 4.41. The Bertz CT molecular complexity index is 525. The maximum atomic E-state index is 11.2. The summed E-state index contributed by atoms with van der Waals surface area (Å²) in [6, 6.07) is 4.75. The van der Waals surface area contributed by atoms with Gasteiger partial charge in [-0.2, -0.15) is 11.8 Å². The van der Waals surface area contributed by atoms with Crippen LogP contribution in [0.5, 0.6) is 0 Å². The molecule has 1 fully saturated rings. The van der Waals surface area contributed by atoms with Gasteiger partial charge >= 0.3 is 0 Å². The van der Waals surface area contributed by atoms with Crippen molar-refractivity contribution >= 4 is 33.2 Å². The van der Waals surface area contributed by atoms with Crippen LogP contribution in [0.1, 0.15) is 6.42 Å². The van der Waals surface area contributed by atoms with Crippen LogP contribution in [-0.2, 0) is 10.0 Å². The number of hydrogen-bond donors (Lipinski definition) is 3. The molecular formula is C11H17N3O2S2. The summed E-state index contributed by atoms with van der Waals surface area (Å²) in [4.78, 5) is -0.0236. The molecule has 100 valence electrons. The molecule has 1 aromatic rings. The third-order valence-electron chi connectivity index (χ3n) is 2.94. The van der Waals surface area contributed by atoms with Crippen LogP contribution in [0.15, 0.2) is 23.1 Å². The second-order valence-corrected chi connectivity index (χ2v) is 7.09. The van der Waals surface area contributed by atoms with Crippen LogP contribution in [0.3, 0.4) is 0 Å². The fourth-order valence-corrected chi connectivity index (χ4v) is 3.85. The third-order valence-corrected chi connectivity index (χ3v) is 5.15. The van der Waals surface area contributed by atoms with Gasteiger partial charge in [0.2, 0.25) is 10.0 Å². The van der Waals surface area contributed by atoms with E-state index in [1.807, 2.05) is 11.8 Å². The minimum absolute atomic E-state index is 0.0236. The van der Waals surface area contributed by atoms with E-state index in [0.29, 0.717) is 5.92 Å². The van der Waals surface area contributed by atoms with Gasteiger partial charge < -0.3 is 11.1 Å². The summed E-state index contributed by atoms with van der Waals surface area (Å²) in [5.74, 6) is 3.07. The highest BCUT2D eigenvalue weighted by Crippen LogP contribution is 2.25. The van der Waals surface area contributed by atoms with Crippen molar-refractivity contribution in [1.82, 2.24) is 0 Å². The maximum absolute atomic E-state index is 11.2. The highest BCUT2D eigenvalue weighted by molar-refractivity contribution is 7.99. The average Bonchev–Trinajstić information content (AvgIpc) is 2.77. The Morgan fingerprint density at radius 2 is 2.22 bits per heavy atom. The van der Waals surface area contributed by atoms with E-state index in [9.17, 15) is 8.42 Å². The highest BCUT2D eigenvalue weighted by atomic mass is 32.2.